The van der Waals surface area contributed by atoms with Gasteiger partial charge in [0.15, 0.2) is 0 Å². The zero-order chi connectivity index (χ0) is 17.8. The van der Waals surface area contributed by atoms with Gasteiger partial charge in [-0.05, 0) is 43.5 Å². The molecule has 2 aromatic heterocycles. The van der Waals surface area contributed by atoms with E-state index in [0.717, 1.165) is 62.9 Å². The SMILES string of the molecule is C[C@H]1CCN(c2ccc3c(ccc4sc5c(c43)NC[C@@H](C)NC5=O)n2)C1. The Labute approximate surface area is 156 Å². The normalized spacial score (nSPS) is 23.0. The first-order chi connectivity index (χ1) is 12.6. The van der Waals surface area contributed by atoms with Crippen molar-refractivity contribution in [1.29, 1.82) is 0 Å². The number of anilines is 2. The number of carbonyl (C=O) groups excluding carboxylic acids is 1. The highest BCUT2D eigenvalue weighted by atomic mass is 32.1. The second-order valence-electron chi connectivity index (χ2n) is 7.58. The van der Waals surface area contributed by atoms with Gasteiger partial charge in [-0.2, -0.15) is 0 Å². The molecular weight excluding hydrogens is 344 g/mol. The van der Waals surface area contributed by atoms with Crippen molar-refractivity contribution in [2.24, 2.45) is 5.92 Å². The number of amides is 1. The molecule has 2 aliphatic rings. The van der Waals surface area contributed by atoms with Gasteiger partial charge < -0.3 is 15.5 Å². The second kappa shape index (κ2) is 5.84. The first kappa shape index (κ1) is 15.9. The number of benzene rings is 1. The van der Waals surface area contributed by atoms with Crippen LogP contribution in [0.5, 0.6) is 0 Å². The third-order valence-electron chi connectivity index (χ3n) is 5.42. The lowest BCUT2D eigenvalue weighted by atomic mass is 10.1. The van der Waals surface area contributed by atoms with Crippen LogP contribution in [0.2, 0.25) is 0 Å². The number of rotatable bonds is 1. The average Bonchev–Trinajstić information content (AvgIpc) is 3.19. The quantitative estimate of drug-likeness (QED) is 0.687. The molecule has 2 N–H and O–H groups in total. The molecule has 5 nitrogen and oxygen atoms in total. The maximum atomic E-state index is 12.5. The first-order valence-corrected chi connectivity index (χ1v) is 10.1. The van der Waals surface area contributed by atoms with E-state index < -0.39 is 0 Å². The van der Waals surface area contributed by atoms with Crippen molar-refractivity contribution in [1.82, 2.24) is 10.3 Å². The summed E-state index contributed by atoms with van der Waals surface area (Å²) in [6, 6.07) is 8.59. The highest BCUT2D eigenvalue weighted by molar-refractivity contribution is 7.21. The largest absolute Gasteiger partial charge is 0.381 e. The van der Waals surface area contributed by atoms with E-state index in [9.17, 15) is 4.79 Å². The molecule has 134 valence electrons. The van der Waals surface area contributed by atoms with E-state index in [1.54, 1.807) is 11.3 Å². The van der Waals surface area contributed by atoms with E-state index in [-0.39, 0.29) is 11.9 Å². The molecule has 1 saturated heterocycles. The molecule has 2 aliphatic heterocycles. The first-order valence-electron chi connectivity index (χ1n) is 9.26. The zero-order valence-electron chi connectivity index (χ0n) is 15.0. The standard InChI is InChI=1S/C20H22N4OS/c1-11-7-8-24(10-11)16-6-3-13-14(23-16)4-5-15-17(13)18-19(26-15)20(25)22-12(2)9-21-18/h3-6,11-12,21H,7-10H2,1-2H3,(H,22,25)/t11-,12+/m0/s1. The lowest BCUT2D eigenvalue weighted by Crippen LogP contribution is -2.34. The summed E-state index contributed by atoms with van der Waals surface area (Å²) in [6.07, 6.45) is 1.23. The Hall–Kier alpha value is -2.34. The van der Waals surface area contributed by atoms with Gasteiger partial charge in [-0.1, -0.05) is 6.92 Å². The highest BCUT2D eigenvalue weighted by Gasteiger charge is 2.25. The fourth-order valence-electron chi connectivity index (χ4n) is 4.03. The maximum Gasteiger partial charge on any atom is 0.263 e. The molecule has 0 spiro atoms. The van der Waals surface area contributed by atoms with Gasteiger partial charge in [0, 0.05) is 41.1 Å². The number of fused-ring (bicyclic) bond motifs is 5. The van der Waals surface area contributed by atoms with E-state index in [2.05, 4.69) is 46.7 Å². The summed E-state index contributed by atoms with van der Waals surface area (Å²) in [5.41, 5.74) is 1.96. The van der Waals surface area contributed by atoms with Gasteiger partial charge in [-0.25, -0.2) is 4.98 Å². The third kappa shape index (κ3) is 2.43. The molecule has 0 saturated carbocycles. The Kier molecular flexibility index (Phi) is 3.57. The molecule has 6 heteroatoms. The number of hydrogen-bond acceptors (Lipinski definition) is 5. The predicted molar refractivity (Wildman–Crippen MR) is 109 cm³/mol. The van der Waals surface area contributed by atoms with Crippen LogP contribution in [0, 0.1) is 5.92 Å². The summed E-state index contributed by atoms with van der Waals surface area (Å²) in [4.78, 5) is 20.6. The Morgan fingerprint density at radius 2 is 2.12 bits per heavy atom. The van der Waals surface area contributed by atoms with Crippen molar-refractivity contribution < 1.29 is 4.79 Å². The number of pyridine rings is 1. The lowest BCUT2D eigenvalue weighted by Gasteiger charge is -2.17. The van der Waals surface area contributed by atoms with Crippen LogP contribution in [0.15, 0.2) is 24.3 Å². The molecular formula is C20H22N4OS. The molecule has 5 rings (SSSR count). The van der Waals surface area contributed by atoms with Crippen LogP contribution in [0.1, 0.15) is 29.9 Å². The number of aromatic nitrogens is 1. The van der Waals surface area contributed by atoms with E-state index in [4.69, 9.17) is 4.98 Å². The number of thiophene rings is 1. The van der Waals surface area contributed by atoms with Crippen molar-refractivity contribution in [3.8, 4) is 0 Å². The Bertz CT molecular complexity index is 1030. The Morgan fingerprint density at radius 3 is 2.92 bits per heavy atom. The van der Waals surface area contributed by atoms with E-state index in [1.165, 1.54) is 6.42 Å². The summed E-state index contributed by atoms with van der Waals surface area (Å²) < 4.78 is 1.13. The molecule has 1 fully saturated rings. The van der Waals surface area contributed by atoms with Crippen LogP contribution in [0.3, 0.4) is 0 Å². The minimum absolute atomic E-state index is 0.0162. The highest BCUT2D eigenvalue weighted by Crippen LogP contribution is 2.41. The van der Waals surface area contributed by atoms with Crippen LogP contribution in [-0.4, -0.2) is 36.6 Å². The van der Waals surface area contributed by atoms with Gasteiger partial charge in [-0.15, -0.1) is 11.3 Å². The minimum Gasteiger partial charge on any atom is -0.381 e. The fourth-order valence-corrected chi connectivity index (χ4v) is 5.13. The monoisotopic (exact) mass is 366 g/mol. The van der Waals surface area contributed by atoms with Crippen LogP contribution in [0.4, 0.5) is 11.5 Å². The average molecular weight is 366 g/mol. The smallest absolute Gasteiger partial charge is 0.263 e. The molecule has 0 bridgehead atoms. The second-order valence-corrected chi connectivity index (χ2v) is 8.63. The minimum atomic E-state index is 0.0162. The summed E-state index contributed by atoms with van der Waals surface area (Å²) in [5, 5.41) is 8.77. The van der Waals surface area contributed by atoms with Gasteiger partial charge in [0.2, 0.25) is 0 Å². The van der Waals surface area contributed by atoms with Gasteiger partial charge in [0.05, 0.1) is 11.2 Å². The number of nitrogens with zero attached hydrogens (tertiary/aromatic N) is 2. The van der Waals surface area contributed by atoms with Crippen molar-refractivity contribution in [3.05, 3.63) is 29.1 Å². The van der Waals surface area contributed by atoms with Crippen LogP contribution >= 0.6 is 11.3 Å². The van der Waals surface area contributed by atoms with Crippen molar-refractivity contribution in [2.45, 2.75) is 26.3 Å². The topological polar surface area (TPSA) is 57.3 Å². The zero-order valence-corrected chi connectivity index (χ0v) is 15.8. The molecule has 2 atom stereocenters. The number of hydrogen-bond donors (Lipinski definition) is 2. The fraction of sp³-hybridized carbons (Fsp3) is 0.400. The Balaban J connectivity index is 1.67. The predicted octanol–water partition coefficient (Wildman–Crippen LogP) is 3.84. The molecule has 4 heterocycles. The van der Waals surface area contributed by atoms with Gasteiger partial charge >= 0.3 is 0 Å². The summed E-state index contributed by atoms with van der Waals surface area (Å²) >= 11 is 1.56. The summed E-state index contributed by atoms with van der Waals surface area (Å²) in [5.74, 6) is 1.80. The molecule has 0 aliphatic carbocycles. The molecule has 1 amide bonds. The van der Waals surface area contributed by atoms with Crippen molar-refractivity contribution in [3.63, 3.8) is 0 Å². The van der Waals surface area contributed by atoms with Crippen molar-refractivity contribution >= 4 is 49.7 Å². The molecule has 1 aromatic carbocycles. The lowest BCUT2D eigenvalue weighted by molar-refractivity contribution is 0.0949. The van der Waals surface area contributed by atoms with Crippen LogP contribution < -0.4 is 15.5 Å². The van der Waals surface area contributed by atoms with E-state index in [0.29, 0.717) is 0 Å². The number of nitrogens with one attached hydrogen (secondary N) is 2. The molecule has 0 unspecified atom stereocenters. The van der Waals surface area contributed by atoms with Gasteiger partial charge in [0.25, 0.3) is 5.91 Å². The summed E-state index contributed by atoms with van der Waals surface area (Å²) in [6.45, 7) is 7.21. The van der Waals surface area contributed by atoms with Crippen LogP contribution in [-0.2, 0) is 0 Å². The van der Waals surface area contributed by atoms with Crippen molar-refractivity contribution in [2.75, 3.05) is 29.9 Å². The third-order valence-corrected chi connectivity index (χ3v) is 6.58. The van der Waals surface area contributed by atoms with Gasteiger partial charge in [-0.3, -0.25) is 4.79 Å². The molecule has 3 aromatic rings. The van der Waals surface area contributed by atoms with E-state index in [1.807, 2.05) is 6.92 Å². The van der Waals surface area contributed by atoms with Crippen LogP contribution in [0.25, 0.3) is 21.0 Å². The summed E-state index contributed by atoms with van der Waals surface area (Å²) in [7, 11) is 0. The molecule has 26 heavy (non-hydrogen) atoms. The molecule has 0 radical (unpaired) electrons. The van der Waals surface area contributed by atoms with Gasteiger partial charge in [0.1, 0.15) is 10.7 Å². The Morgan fingerprint density at radius 1 is 1.23 bits per heavy atom. The number of carbonyl (C=O) groups is 1. The maximum absolute atomic E-state index is 12.5. The van der Waals surface area contributed by atoms with E-state index >= 15 is 0 Å².